The van der Waals surface area contributed by atoms with Crippen molar-refractivity contribution in [3.63, 3.8) is 0 Å². The Morgan fingerprint density at radius 1 is 1.50 bits per heavy atom. The monoisotopic (exact) mass is 252 g/mol. The van der Waals surface area contributed by atoms with Gasteiger partial charge >= 0.3 is 0 Å². The zero-order valence-electron chi connectivity index (χ0n) is 11.7. The average Bonchev–Trinajstić information content (AvgIpc) is 2.42. The molecule has 0 aliphatic carbocycles. The maximum absolute atomic E-state index is 12.4. The number of nitriles is 1. The number of rotatable bonds is 5. The molecule has 0 bridgehead atoms. The summed E-state index contributed by atoms with van der Waals surface area (Å²) in [4.78, 5) is 14.1. The van der Waals surface area contributed by atoms with Gasteiger partial charge in [0.05, 0.1) is 12.7 Å². The summed E-state index contributed by atoms with van der Waals surface area (Å²) in [6.45, 7) is 6.07. The van der Waals surface area contributed by atoms with E-state index in [2.05, 4.69) is 6.07 Å². The molecular formula is C14H24N2O2. The van der Waals surface area contributed by atoms with E-state index in [0.29, 0.717) is 25.3 Å². The topological polar surface area (TPSA) is 53.3 Å². The van der Waals surface area contributed by atoms with Gasteiger partial charge in [-0.15, -0.1) is 0 Å². The number of carbonyl (C=O) groups excluding carboxylic acids is 1. The standard InChI is InChI=1S/C14H24N2O2/c1-4-14(5-2,11-15)13(17)16(3)9-12-7-6-8-18-10-12/h12H,4-10H2,1-3H3. The van der Waals surface area contributed by atoms with E-state index in [0.717, 1.165) is 26.1 Å². The van der Waals surface area contributed by atoms with Crippen LogP contribution in [0, 0.1) is 22.7 Å². The Morgan fingerprint density at radius 2 is 2.17 bits per heavy atom. The summed E-state index contributed by atoms with van der Waals surface area (Å²) in [5.74, 6) is 0.373. The summed E-state index contributed by atoms with van der Waals surface area (Å²) in [5.41, 5.74) is -0.843. The maximum atomic E-state index is 12.4. The fourth-order valence-corrected chi connectivity index (χ4v) is 2.55. The molecular weight excluding hydrogens is 228 g/mol. The zero-order chi connectivity index (χ0) is 13.6. The number of hydrogen-bond acceptors (Lipinski definition) is 3. The molecule has 102 valence electrons. The predicted octanol–water partition coefficient (Wildman–Crippen LogP) is 2.20. The van der Waals surface area contributed by atoms with Crippen molar-refractivity contribution in [3.8, 4) is 6.07 Å². The lowest BCUT2D eigenvalue weighted by atomic mass is 9.82. The highest BCUT2D eigenvalue weighted by molar-refractivity contribution is 5.85. The van der Waals surface area contributed by atoms with Gasteiger partial charge in [-0.25, -0.2) is 0 Å². The molecule has 18 heavy (non-hydrogen) atoms. The first-order valence-electron chi connectivity index (χ1n) is 6.84. The van der Waals surface area contributed by atoms with E-state index in [4.69, 9.17) is 4.74 Å². The Kier molecular flexibility index (Phi) is 5.61. The second kappa shape index (κ2) is 6.75. The second-order valence-corrected chi connectivity index (χ2v) is 5.17. The summed E-state index contributed by atoms with van der Waals surface area (Å²) in [6, 6.07) is 2.21. The average molecular weight is 252 g/mol. The molecule has 1 amide bonds. The van der Waals surface area contributed by atoms with Gasteiger partial charge in [-0.05, 0) is 31.6 Å². The third-order valence-corrected chi connectivity index (χ3v) is 3.96. The van der Waals surface area contributed by atoms with Crippen LogP contribution in [0.1, 0.15) is 39.5 Å². The van der Waals surface area contributed by atoms with Gasteiger partial charge in [-0.1, -0.05) is 13.8 Å². The smallest absolute Gasteiger partial charge is 0.242 e. The lowest BCUT2D eigenvalue weighted by Gasteiger charge is -2.32. The fourth-order valence-electron chi connectivity index (χ4n) is 2.55. The summed E-state index contributed by atoms with van der Waals surface area (Å²) in [7, 11) is 1.80. The molecule has 1 rings (SSSR count). The zero-order valence-corrected chi connectivity index (χ0v) is 11.7. The predicted molar refractivity (Wildman–Crippen MR) is 69.8 cm³/mol. The molecule has 1 unspecified atom stereocenters. The summed E-state index contributed by atoms with van der Waals surface area (Å²) in [5, 5.41) is 9.28. The van der Waals surface area contributed by atoms with Crippen molar-refractivity contribution >= 4 is 5.91 Å². The normalized spacial score (nSPS) is 20.2. The summed E-state index contributed by atoms with van der Waals surface area (Å²) < 4.78 is 5.42. The van der Waals surface area contributed by atoms with Crippen LogP contribution in [0.15, 0.2) is 0 Å². The van der Waals surface area contributed by atoms with Crippen LogP contribution in [0.25, 0.3) is 0 Å². The number of nitrogens with zero attached hydrogens (tertiary/aromatic N) is 2. The first-order chi connectivity index (χ1) is 8.59. The molecule has 1 aliphatic heterocycles. The Bertz CT molecular complexity index is 312. The van der Waals surface area contributed by atoms with Gasteiger partial charge in [0.2, 0.25) is 5.91 Å². The molecule has 1 heterocycles. The largest absolute Gasteiger partial charge is 0.381 e. The minimum absolute atomic E-state index is 0.0411. The van der Waals surface area contributed by atoms with Crippen LogP contribution >= 0.6 is 0 Å². The lowest BCUT2D eigenvalue weighted by molar-refractivity contribution is -0.139. The van der Waals surface area contributed by atoms with Crippen molar-refractivity contribution < 1.29 is 9.53 Å². The van der Waals surface area contributed by atoms with Gasteiger partial charge in [0.15, 0.2) is 0 Å². The summed E-state index contributed by atoms with van der Waals surface area (Å²) >= 11 is 0. The number of carbonyl (C=O) groups is 1. The molecule has 4 heteroatoms. The van der Waals surface area contributed by atoms with E-state index in [-0.39, 0.29) is 5.91 Å². The number of ether oxygens (including phenoxy) is 1. The molecule has 4 nitrogen and oxygen atoms in total. The Morgan fingerprint density at radius 3 is 2.61 bits per heavy atom. The van der Waals surface area contributed by atoms with Gasteiger partial charge in [-0.2, -0.15) is 5.26 Å². The first kappa shape index (κ1) is 15.0. The molecule has 0 radical (unpaired) electrons. The van der Waals surface area contributed by atoms with Crippen LogP contribution in [-0.2, 0) is 9.53 Å². The molecule has 1 saturated heterocycles. The van der Waals surface area contributed by atoms with Crippen LogP contribution in [-0.4, -0.2) is 37.6 Å². The quantitative estimate of drug-likeness (QED) is 0.753. The van der Waals surface area contributed by atoms with E-state index in [1.807, 2.05) is 13.8 Å². The van der Waals surface area contributed by atoms with Gasteiger partial charge in [-0.3, -0.25) is 4.79 Å². The number of amides is 1. The molecule has 0 saturated carbocycles. The Labute approximate surface area is 110 Å². The van der Waals surface area contributed by atoms with E-state index in [9.17, 15) is 10.1 Å². The van der Waals surface area contributed by atoms with Gasteiger partial charge in [0, 0.05) is 20.2 Å². The maximum Gasteiger partial charge on any atom is 0.242 e. The fraction of sp³-hybridized carbons (Fsp3) is 0.857. The number of hydrogen-bond donors (Lipinski definition) is 0. The molecule has 0 aromatic carbocycles. The molecule has 1 fully saturated rings. The van der Waals surface area contributed by atoms with Crippen molar-refractivity contribution in [2.45, 2.75) is 39.5 Å². The van der Waals surface area contributed by atoms with E-state index in [1.165, 1.54) is 0 Å². The highest BCUT2D eigenvalue weighted by Gasteiger charge is 2.37. The van der Waals surface area contributed by atoms with Crippen LogP contribution in [0.4, 0.5) is 0 Å². The molecule has 0 N–H and O–H groups in total. The van der Waals surface area contributed by atoms with E-state index < -0.39 is 5.41 Å². The molecule has 1 atom stereocenters. The molecule has 1 aliphatic rings. The van der Waals surface area contributed by atoms with E-state index in [1.54, 1.807) is 11.9 Å². The van der Waals surface area contributed by atoms with Gasteiger partial charge < -0.3 is 9.64 Å². The highest BCUT2D eigenvalue weighted by Crippen LogP contribution is 2.28. The van der Waals surface area contributed by atoms with Crippen molar-refractivity contribution in [3.05, 3.63) is 0 Å². The highest BCUT2D eigenvalue weighted by atomic mass is 16.5. The van der Waals surface area contributed by atoms with Gasteiger partial charge in [0.25, 0.3) is 0 Å². The minimum atomic E-state index is -0.843. The first-order valence-corrected chi connectivity index (χ1v) is 6.84. The SMILES string of the molecule is CCC(C#N)(CC)C(=O)N(C)CC1CCCOC1. The minimum Gasteiger partial charge on any atom is -0.381 e. The van der Waals surface area contributed by atoms with Gasteiger partial charge in [0.1, 0.15) is 5.41 Å². The van der Waals surface area contributed by atoms with Crippen LogP contribution < -0.4 is 0 Å². The third kappa shape index (κ3) is 3.23. The van der Waals surface area contributed by atoms with Crippen LogP contribution in [0.3, 0.4) is 0 Å². The Balaban J connectivity index is 2.62. The van der Waals surface area contributed by atoms with Crippen molar-refractivity contribution in [2.24, 2.45) is 11.3 Å². The lowest BCUT2D eigenvalue weighted by Crippen LogP contribution is -2.43. The van der Waals surface area contributed by atoms with Crippen LogP contribution in [0.2, 0.25) is 0 Å². The third-order valence-electron chi connectivity index (χ3n) is 3.96. The molecule has 0 spiro atoms. The molecule has 0 aromatic heterocycles. The molecule has 0 aromatic rings. The van der Waals surface area contributed by atoms with E-state index >= 15 is 0 Å². The van der Waals surface area contributed by atoms with Crippen molar-refractivity contribution in [1.29, 1.82) is 5.26 Å². The van der Waals surface area contributed by atoms with Crippen molar-refractivity contribution in [2.75, 3.05) is 26.8 Å². The Hall–Kier alpha value is -1.08. The van der Waals surface area contributed by atoms with Crippen molar-refractivity contribution in [1.82, 2.24) is 4.90 Å². The summed E-state index contributed by atoms with van der Waals surface area (Å²) in [6.07, 6.45) is 3.32. The van der Waals surface area contributed by atoms with Crippen LogP contribution in [0.5, 0.6) is 0 Å². The second-order valence-electron chi connectivity index (χ2n) is 5.17.